The van der Waals surface area contributed by atoms with Gasteiger partial charge in [0.05, 0.1) is 39.4 Å². The molecule has 130 valence electrons. The lowest BCUT2D eigenvalue weighted by Gasteiger charge is -2.22. The van der Waals surface area contributed by atoms with Crippen LogP contribution in [0, 0.1) is 5.92 Å². The summed E-state index contributed by atoms with van der Waals surface area (Å²) in [5, 5.41) is 6.22. The van der Waals surface area contributed by atoms with Crippen molar-refractivity contribution in [2.45, 2.75) is 19.4 Å². The van der Waals surface area contributed by atoms with Crippen molar-refractivity contribution in [1.29, 1.82) is 0 Å². The number of hydrogen-bond donors (Lipinski definition) is 2. The minimum atomic E-state index is 0. The molecule has 1 aromatic carbocycles. The Kier molecular flexibility index (Phi) is 7.98. The number of hydrogen-bond acceptors (Lipinski definition) is 5. The van der Waals surface area contributed by atoms with Gasteiger partial charge in [-0.3, -0.25) is 4.79 Å². The molecule has 1 fully saturated rings. The molecule has 1 atom stereocenters. The van der Waals surface area contributed by atoms with Gasteiger partial charge in [-0.2, -0.15) is 0 Å². The molecule has 0 bridgehead atoms. The third kappa shape index (κ3) is 4.91. The molecular weight excluding hydrogens is 320 g/mol. The van der Waals surface area contributed by atoms with Gasteiger partial charge in [0.25, 0.3) is 0 Å². The number of amides is 1. The second kappa shape index (κ2) is 9.47. The Morgan fingerprint density at radius 3 is 2.35 bits per heavy atom. The number of halogens is 1. The van der Waals surface area contributed by atoms with E-state index in [0.717, 1.165) is 31.5 Å². The molecule has 23 heavy (non-hydrogen) atoms. The number of rotatable bonds is 6. The van der Waals surface area contributed by atoms with E-state index in [2.05, 4.69) is 10.6 Å². The Balaban J connectivity index is 0.00000264. The molecule has 0 saturated carbocycles. The number of methoxy groups -OCH3 is 3. The first kappa shape index (κ1) is 19.4. The van der Waals surface area contributed by atoms with Gasteiger partial charge in [0.2, 0.25) is 5.91 Å². The van der Waals surface area contributed by atoms with Crippen molar-refractivity contribution in [2.24, 2.45) is 5.92 Å². The van der Waals surface area contributed by atoms with E-state index in [1.165, 1.54) is 0 Å². The molecule has 0 aliphatic carbocycles. The Morgan fingerprint density at radius 1 is 1.22 bits per heavy atom. The monoisotopic (exact) mass is 344 g/mol. The van der Waals surface area contributed by atoms with Crippen LogP contribution in [0.25, 0.3) is 0 Å². The predicted molar refractivity (Wildman–Crippen MR) is 90.8 cm³/mol. The number of carbonyl (C=O) groups is 1. The molecular formula is C16H25ClN2O4. The summed E-state index contributed by atoms with van der Waals surface area (Å²) in [5.74, 6) is 2.02. The van der Waals surface area contributed by atoms with Gasteiger partial charge in [0, 0.05) is 18.7 Å². The summed E-state index contributed by atoms with van der Waals surface area (Å²) in [6.07, 6.45) is 1.96. The molecule has 7 heteroatoms. The maximum absolute atomic E-state index is 12.2. The smallest absolute Gasteiger partial charge is 0.224 e. The zero-order valence-corrected chi connectivity index (χ0v) is 14.6. The molecule has 0 aromatic heterocycles. The molecule has 0 radical (unpaired) electrons. The average molecular weight is 345 g/mol. The zero-order chi connectivity index (χ0) is 15.9. The van der Waals surface area contributed by atoms with Crippen LogP contribution in [-0.4, -0.2) is 40.3 Å². The fourth-order valence-electron chi connectivity index (χ4n) is 2.65. The van der Waals surface area contributed by atoms with Crippen LogP contribution in [0.15, 0.2) is 12.1 Å². The predicted octanol–water partition coefficient (Wildman–Crippen LogP) is 1.75. The number of ether oxygens (including phenoxy) is 3. The molecule has 1 aromatic rings. The maximum Gasteiger partial charge on any atom is 0.224 e. The highest BCUT2D eigenvalue weighted by molar-refractivity contribution is 5.85. The lowest BCUT2D eigenvalue weighted by Crippen LogP contribution is -2.40. The van der Waals surface area contributed by atoms with E-state index in [1.54, 1.807) is 33.5 Å². The Hall–Kier alpha value is -1.66. The first-order valence-corrected chi connectivity index (χ1v) is 7.47. The van der Waals surface area contributed by atoms with Crippen molar-refractivity contribution >= 4 is 18.3 Å². The molecule has 1 amide bonds. The summed E-state index contributed by atoms with van der Waals surface area (Å²) in [6, 6.07) is 3.57. The van der Waals surface area contributed by atoms with Gasteiger partial charge in [0.15, 0.2) is 0 Å². The second-order valence-corrected chi connectivity index (χ2v) is 5.27. The Labute approximate surface area is 143 Å². The van der Waals surface area contributed by atoms with E-state index in [9.17, 15) is 4.79 Å². The summed E-state index contributed by atoms with van der Waals surface area (Å²) < 4.78 is 16.0. The molecule has 1 aliphatic rings. The van der Waals surface area contributed by atoms with Crippen molar-refractivity contribution in [1.82, 2.24) is 10.6 Å². The third-order valence-electron chi connectivity index (χ3n) is 3.92. The fourth-order valence-corrected chi connectivity index (χ4v) is 2.65. The topological polar surface area (TPSA) is 68.8 Å². The highest BCUT2D eigenvalue weighted by atomic mass is 35.5. The van der Waals surface area contributed by atoms with Crippen LogP contribution < -0.4 is 24.8 Å². The fraction of sp³-hybridized carbons (Fsp3) is 0.562. The number of piperidine rings is 1. The molecule has 2 rings (SSSR count). The summed E-state index contributed by atoms with van der Waals surface area (Å²) in [7, 11) is 4.76. The molecule has 1 unspecified atom stereocenters. The molecule has 1 heterocycles. The number of benzene rings is 1. The Bertz CT molecular complexity index is 494. The normalized spacial score (nSPS) is 16.9. The first-order valence-electron chi connectivity index (χ1n) is 7.47. The minimum absolute atomic E-state index is 0. The summed E-state index contributed by atoms with van der Waals surface area (Å²) in [6.45, 7) is 2.10. The highest BCUT2D eigenvalue weighted by Gasteiger charge is 2.21. The van der Waals surface area contributed by atoms with E-state index in [1.807, 2.05) is 0 Å². The minimum Gasteiger partial charge on any atom is -0.496 e. The van der Waals surface area contributed by atoms with Crippen molar-refractivity contribution in [2.75, 3.05) is 34.4 Å². The van der Waals surface area contributed by atoms with Gasteiger partial charge in [-0.25, -0.2) is 0 Å². The van der Waals surface area contributed by atoms with Crippen molar-refractivity contribution in [3.8, 4) is 17.2 Å². The van der Waals surface area contributed by atoms with E-state index in [0.29, 0.717) is 23.8 Å². The summed E-state index contributed by atoms with van der Waals surface area (Å²) >= 11 is 0. The van der Waals surface area contributed by atoms with E-state index in [4.69, 9.17) is 14.2 Å². The molecule has 6 nitrogen and oxygen atoms in total. The van der Waals surface area contributed by atoms with Gasteiger partial charge in [-0.05, 0) is 19.4 Å². The molecule has 2 N–H and O–H groups in total. The van der Waals surface area contributed by atoms with Crippen LogP contribution >= 0.6 is 12.4 Å². The van der Waals surface area contributed by atoms with Crippen LogP contribution in [0.4, 0.5) is 0 Å². The van der Waals surface area contributed by atoms with Crippen molar-refractivity contribution in [3.63, 3.8) is 0 Å². The lowest BCUT2D eigenvalue weighted by molar-refractivity contribution is -0.125. The summed E-state index contributed by atoms with van der Waals surface area (Å²) in [5.41, 5.74) is 0.808. The standard InChI is InChI=1S/C16H24N2O4.ClH/c1-20-12-7-14(21-2)13(15(8-12)22-3)10-18-16(19)11-5-4-6-17-9-11;/h7-8,11,17H,4-6,9-10H2,1-3H3,(H,18,19);1H. The summed E-state index contributed by atoms with van der Waals surface area (Å²) in [4.78, 5) is 12.2. The number of carbonyl (C=O) groups excluding carboxylic acids is 1. The second-order valence-electron chi connectivity index (χ2n) is 5.27. The largest absolute Gasteiger partial charge is 0.496 e. The maximum atomic E-state index is 12.2. The highest BCUT2D eigenvalue weighted by Crippen LogP contribution is 2.33. The van der Waals surface area contributed by atoms with Gasteiger partial charge >= 0.3 is 0 Å². The van der Waals surface area contributed by atoms with Gasteiger partial charge in [-0.1, -0.05) is 0 Å². The van der Waals surface area contributed by atoms with Crippen LogP contribution in [0.2, 0.25) is 0 Å². The quantitative estimate of drug-likeness (QED) is 0.823. The first-order chi connectivity index (χ1) is 10.7. The lowest BCUT2D eigenvalue weighted by atomic mass is 9.99. The third-order valence-corrected chi connectivity index (χ3v) is 3.92. The van der Waals surface area contributed by atoms with Crippen LogP contribution in [0.3, 0.4) is 0 Å². The molecule has 0 spiro atoms. The van der Waals surface area contributed by atoms with Gasteiger partial charge in [0.1, 0.15) is 17.2 Å². The van der Waals surface area contributed by atoms with E-state index in [-0.39, 0.29) is 24.2 Å². The van der Waals surface area contributed by atoms with Crippen LogP contribution in [-0.2, 0) is 11.3 Å². The van der Waals surface area contributed by atoms with Crippen molar-refractivity contribution < 1.29 is 19.0 Å². The van der Waals surface area contributed by atoms with Gasteiger partial charge < -0.3 is 24.8 Å². The average Bonchev–Trinajstić information content (AvgIpc) is 2.59. The van der Waals surface area contributed by atoms with E-state index < -0.39 is 0 Å². The van der Waals surface area contributed by atoms with Gasteiger partial charge in [-0.15, -0.1) is 12.4 Å². The zero-order valence-electron chi connectivity index (χ0n) is 13.8. The Morgan fingerprint density at radius 2 is 1.87 bits per heavy atom. The van der Waals surface area contributed by atoms with Crippen LogP contribution in [0.1, 0.15) is 18.4 Å². The SMILES string of the molecule is COc1cc(OC)c(CNC(=O)C2CCCNC2)c(OC)c1.Cl. The van der Waals surface area contributed by atoms with Crippen LogP contribution in [0.5, 0.6) is 17.2 Å². The molecule has 1 aliphatic heterocycles. The number of nitrogens with one attached hydrogen (secondary N) is 2. The van der Waals surface area contributed by atoms with E-state index >= 15 is 0 Å². The molecule has 1 saturated heterocycles. The van der Waals surface area contributed by atoms with Crippen molar-refractivity contribution in [3.05, 3.63) is 17.7 Å².